The highest BCUT2D eigenvalue weighted by Crippen LogP contribution is 2.08. The van der Waals surface area contributed by atoms with Crippen molar-refractivity contribution < 1.29 is 0 Å². The second kappa shape index (κ2) is 2.97. The van der Waals surface area contributed by atoms with Gasteiger partial charge in [-0.25, -0.2) is 0 Å². The maximum Gasteiger partial charge on any atom is 0.0636 e. The van der Waals surface area contributed by atoms with Gasteiger partial charge in [0.05, 0.1) is 17.4 Å². The standard InChI is InChI=1S/C9H10N2.CH4/c1-7-8(2)11-5-3-4-9(11)6-10-7;/h3-6H,1-2H3;1H4. The van der Waals surface area contributed by atoms with Crippen LogP contribution in [0.15, 0.2) is 24.5 Å². The van der Waals surface area contributed by atoms with Gasteiger partial charge in [0.25, 0.3) is 0 Å². The lowest BCUT2D eigenvalue weighted by molar-refractivity contribution is 1.01. The molecule has 0 bridgehead atoms. The van der Waals surface area contributed by atoms with E-state index >= 15 is 0 Å². The molecule has 0 radical (unpaired) electrons. The average Bonchev–Trinajstić information content (AvgIpc) is 2.45. The fraction of sp³-hybridized carbons (Fsp3) is 0.300. The smallest absolute Gasteiger partial charge is 0.0636 e. The maximum absolute atomic E-state index is 4.26. The molecule has 2 rings (SSSR count). The van der Waals surface area contributed by atoms with Crippen LogP contribution in [0.25, 0.3) is 5.52 Å². The van der Waals surface area contributed by atoms with E-state index in [2.05, 4.69) is 28.6 Å². The molecule has 2 aromatic rings. The van der Waals surface area contributed by atoms with Gasteiger partial charge in [-0.1, -0.05) is 7.43 Å². The van der Waals surface area contributed by atoms with Crippen LogP contribution in [0.2, 0.25) is 0 Å². The molecule has 0 spiro atoms. The highest BCUT2D eigenvalue weighted by Gasteiger charge is 1.97. The minimum atomic E-state index is 0. The largest absolute Gasteiger partial charge is 0.318 e. The molecular weight excluding hydrogens is 148 g/mol. The Hall–Kier alpha value is -1.31. The van der Waals surface area contributed by atoms with Gasteiger partial charge in [0.2, 0.25) is 0 Å². The Bertz CT molecular complexity index is 388. The Labute approximate surface area is 72.9 Å². The summed E-state index contributed by atoms with van der Waals surface area (Å²) >= 11 is 0. The van der Waals surface area contributed by atoms with Crippen molar-refractivity contribution in [3.05, 3.63) is 35.9 Å². The normalized spacial score (nSPS) is 9.83. The SMILES string of the molecule is C.Cc1ncc2cccn2c1C. The third kappa shape index (κ3) is 1.09. The summed E-state index contributed by atoms with van der Waals surface area (Å²) in [6.45, 7) is 4.10. The molecule has 12 heavy (non-hydrogen) atoms. The molecule has 0 aliphatic heterocycles. The zero-order chi connectivity index (χ0) is 7.84. The zero-order valence-corrected chi connectivity index (χ0v) is 6.70. The topological polar surface area (TPSA) is 17.3 Å². The van der Waals surface area contributed by atoms with Crippen LogP contribution in [0.5, 0.6) is 0 Å². The Morgan fingerprint density at radius 2 is 2.08 bits per heavy atom. The van der Waals surface area contributed by atoms with E-state index in [0.717, 1.165) is 11.2 Å². The lowest BCUT2D eigenvalue weighted by atomic mass is 10.3. The quantitative estimate of drug-likeness (QED) is 0.582. The van der Waals surface area contributed by atoms with Crippen molar-refractivity contribution in [2.45, 2.75) is 21.3 Å². The van der Waals surface area contributed by atoms with Gasteiger partial charge in [-0.2, -0.15) is 0 Å². The molecule has 0 unspecified atom stereocenters. The molecule has 2 heterocycles. The first-order valence-corrected chi connectivity index (χ1v) is 3.68. The molecule has 64 valence electrons. The number of hydrogen-bond donors (Lipinski definition) is 0. The van der Waals surface area contributed by atoms with Gasteiger partial charge in [0.1, 0.15) is 0 Å². The molecule has 2 nitrogen and oxygen atoms in total. The predicted molar refractivity (Wildman–Crippen MR) is 51.4 cm³/mol. The Morgan fingerprint density at radius 3 is 2.83 bits per heavy atom. The third-order valence-corrected chi connectivity index (χ3v) is 2.06. The summed E-state index contributed by atoms with van der Waals surface area (Å²) in [5.41, 5.74) is 3.47. The molecule has 0 atom stereocenters. The first-order valence-electron chi connectivity index (χ1n) is 3.68. The number of rotatable bonds is 0. The zero-order valence-electron chi connectivity index (χ0n) is 6.70. The summed E-state index contributed by atoms with van der Waals surface area (Å²) < 4.78 is 2.14. The second-order valence-electron chi connectivity index (χ2n) is 2.73. The molecular formula is C10H14N2. The molecule has 0 saturated carbocycles. The molecule has 2 aromatic heterocycles. The van der Waals surface area contributed by atoms with Gasteiger partial charge in [0.15, 0.2) is 0 Å². The summed E-state index contributed by atoms with van der Waals surface area (Å²) in [6, 6.07) is 4.09. The van der Waals surface area contributed by atoms with Gasteiger partial charge in [0, 0.05) is 11.9 Å². The van der Waals surface area contributed by atoms with E-state index in [1.54, 1.807) is 0 Å². The van der Waals surface area contributed by atoms with Crippen molar-refractivity contribution in [1.29, 1.82) is 0 Å². The summed E-state index contributed by atoms with van der Waals surface area (Å²) in [4.78, 5) is 4.26. The van der Waals surface area contributed by atoms with Crippen molar-refractivity contribution in [1.82, 2.24) is 9.38 Å². The summed E-state index contributed by atoms with van der Waals surface area (Å²) in [6.07, 6.45) is 3.95. The molecule has 0 aliphatic rings. The number of aryl methyl sites for hydroxylation is 2. The minimum Gasteiger partial charge on any atom is -0.318 e. The van der Waals surface area contributed by atoms with Crippen LogP contribution in [0.3, 0.4) is 0 Å². The van der Waals surface area contributed by atoms with E-state index in [1.807, 2.05) is 19.2 Å². The van der Waals surface area contributed by atoms with E-state index in [-0.39, 0.29) is 7.43 Å². The van der Waals surface area contributed by atoms with E-state index < -0.39 is 0 Å². The highest BCUT2D eigenvalue weighted by molar-refractivity contribution is 5.46. The predicted octanol–water partition coefficient (Wildman–Crippen LogP) is 2.59. The van der Waals surface area contributed by atoms with Crippen molar-refractivity contribution in [2.24, 2.45) is 0 Å². The van der Waals surface area contributed by atoms with Crippen LogP contribution >= 0.6 is 0 Å². The minimum absolute atomic E-state index is 0. The van der Waals surface area contributed by atoms with Crippen LogP contribution in [-0.4, -0.2) is 9.38 Å². The molecule has 0 N–H and O–H groups in total. The Morgan fingerprint density at radius 1 is 1.33 bits per heavy atom. The summed E-state index contributed by atoms with van der Waals surface area (Å²) in [5, 5.41) is 0. The number of fused-ring (bicyclic) bond motifs is 1. The third-order valence-electron chi connectivity index (χ3n) is 2.06. The molecule has 0 aliphatic carbocycles. The van der Waals surface area contributed by atoms with Crippen molar-refractivity contribution in [2.75, 3.05) is 0 Å². The molecule has 0 amide bonds. The lowest BCUT2D eigenvalue weighted by Gasteiger charge is -2.02. The van der Waals surface area contributed by atoms with Crippen molar-refractivity contribution >= 4 is 5.52 Å². The van der Waals surface area contributed by atoms with Crippen LogP contribution < -0.4 is 0 Å². The average molecular weight is 162 g/mol. The lowest BCUT2D eigenvalue weighted by Crippen LogP contribution is -1.94. The number of hydrogen-bond acceptors (Lipinski definition) is 1. The van der Waals surface area contributed by atoms with Crippen LogP contribution in [-0.2, 0) is 0 Å². The van der Waals surface area contributed by atoms with Gasteiger partial charge in [-0.15, -0.1) is 0 Å². The van der Waals surface area contributed by atoms with Crippen molar-refractivity contribution in [3.8, 4) is 0 Å². The highest BCUT2D eigenvalue weighted by atomic mass is 14.9. The van der Waals surface area contributed by atoms with E-state index in [1.165, 1.54) is 5.69 Å². The fourth-order valence-corrected chi connectivity index (χ4v) is 1.24. The molecule has 0 aromatic carbocycles. The first kappa shape index (κ1) is 8.78. The van der Waals surface area contributed by atoms with Gasteiger partial charge >= 0.3 is 0 Å². The summed E-state index contributed by atoms with van der Waals surface area (Å²) in [7, 11) is 0. The second-order valence-corrected chi connectivity index (χ2v) is 2.73. The van der Waals surface area contributed by atoms with Crippen molar-refractivity contribution in [3.63, 3.8) is 0 Å². The maximum atomic E-state index is 4.26. The Balaban J connectivity index is 0.000000720. The van der Waals surface area contributed by atoms with Gasteiger partial charge in [-0.05, 0) is 26.0 Å². The number of nitrogens with zero attached hydrogens (tertiary/aromatic N) is 2. The van der Waals surface area contributed by atoms with E-state index in [0.29, 0.717) is 0 Å². The van der Waals surface area contributed by atoms with Gasteiger partial charge in [-0.3, -0.25) is 4.98 Å². The first-order chi connectivity index (χ1) is 5.29. The molecule has 2 heteroatoms. The van der Waals surface area contributed by atoms with Crippen LogP contribution in [0.4, 0.5) is 0 Å². The number of aromatic nitrogens is 2. The van der Waals surface area contributed by atoms with Crippen LogP contribution in [0, 0.1) is 13.8 Å². The monoisotopic (exact) mass is 162 g/mol. The van der Waals surface area contributed by atoms with Gasteiger partial charge < -0.3 is 4.40 Å². The Kier molecular flexibility index (Phi) is 2.18. The van der Waals surface area contributed by atoms with E-state index in [9.17, 15) is 0 Å². The molecule has 0 saturated heterocycles. The fourth-order valence-electron chi connectivity index (χ4n) is 1.24. The van der Waals surface area contributed by atoms with Crippen LogP contribution in [0.1, 0.15) is 18.8 Å². The summed E-state index contributed by atoms with van der Waals surface area (Å²) in [5.74, 6) is 0. The molecule has 0 fully saturated rings. The van der Waals surface area contributed by atoms with E-state index in [4.69, 9.17) is 0 Å².